The molecule has 146 valence electrons. The Morgan fingerprint density at radius 2 is 1.31 bits per heavy atom. The van der Waals surface area contributed by atoms with Crippen LogP contribution in [0, 0.1) is 0 Å². The number of rotatable bonds is 16. The molecule has 0 saturated carbocycles. The Balaban J connectivity index is 0. The van der Waals surface area contributed by atoms with E-state index < -0.39 is 23.9 Å². The molecule has 6 nitrogen and oxygen atoms in total. The van der Waals surface area contributed by atoms with E-state index in [2.05, 4.69) is 11.7 Å². The number of hydrogen-bond acceptors (Lipinski definition) is 6. The summed E-state index contributed by atoms with van der Waals surface area (Å²) in [6.07, 6.45) is 12.8. The van der Waals surface area contributed by atoms with Gasteiger partial charge in [0.05, 0.1) is 0 Å². The van der Waals surface area contributed by atoms with Crippen LogP contribution >= 0.6 is 0 Å². The van der Waals surface area contributed by atoms with Crippen LogP contribution in [0.1, 0.15) is 96.8 Å². The third-order valence-electron chi connectivity index (χ3n) is 4.16. The number of carbonyl (C=O) groups is 3. The van der Waals surface area contributed by atoms with E-state index in [0.29, 0.717) is 6.42 Å². The second-order valence-corrected chi connectivity index (χ2v) is 6.60. The molecule has 0 amide bonds. The Hall–Kier alpha value is 0.206. The average Bonchev–Trinajstić information content (AvgIpc) is 2.57. The molecule has 0 radical (unpaired) electrons. The zero-order valence-electron chi connectivity index (χ0n) is 16.6. The zero-order valence-corrected chi connectivity index (χ0v) is 19.7. The van der Waals surface area contributed by atoms with E-state index in [4.69, 9.17) is 5.73 Å². The van der Waals surface area contributed by atoms with Crippen LogP contribution in [0.5, 0.6) is 0 Å². The molecule has 0 aromatic carbocycles. The quantitative estimate of drug-likeness (QED) is 0.165. The van der Waals surface area contributed by atoms with Crippen molar-refractivity contribution in [1.29, 1.82) is 0 Å². The second kappa shape index (κ2) is 20.0. The topological polar surface area (TPSA) is 110 Å². The van der Waals surface area contributed by atoms with Crippen molar-refractivity contribution < 1.29 is 75.6 Å². The summed E-state index contributed by atoms with van der Waals surface area (Å²) in [7, 11) is 0. The van der Waals surface area contributed by atoms with E-state index in [1.165, 1.54) is 51.4 Å². The Labute approximate surface area is 200 Å². The third kappa shape index (κ3) is 19.0. The fourth-order valence-corrected chi connectivity index (χ4v) is 2.56. The molecule has 0 aliphatic rings. The summed E-state index contributed by atoms with van der Waals surface area (Å²) in [6, 6.07) is -1.10. The number of unbranched alkanes of at least 4 members (excludes halogenated alkanes) is 10. The summed E-state index contributed by atoms with van der Waals surface area (Å²) in [6.45, 7) is 2.22. The van der Waals surface area contributed by atoms with E-state index in [-0.39, 0.29) is 70.6 Å². The molecule has 26 heavy (non-hydrogen) atoms. The van der Waals surface area contributed by atoms with Crippen molar-refractivity contribution in [3.8, 4) is 0 Å². The van der Waals surface area contributed by atoms with Gasteiger partial charge < -0.3 is 20.4 Å². The van der Waals surface area contributed by atoms with Gasteiger partial charge in [-0.15, -0.1) is 0 Å². The van der Waals surface area contributed by atoms with Crippen molar-refractivity contribution in [2.45, 2.75) is 103 Å². The molecule has 0 rings (SSSR count). The van der Waals surface area contributed by atoms with Gasteiger partial charge in [-0.2, -0.15) is 0 Å². The average molecular weight is 396 g/mol. The normalized spacial score (nSPS) is 11.5. The van der Waals surface area contributed by atoms with Crippen LogP contribution in [-0.2, 0) is 19.1 Å². The fourth-order valence-electron chi connectivity index (χ4n) is 2.56. The van der Waals surface area contributed by atoms with Gasteiger partial charge in [0.15, 0.2) is 0 Å². The van der Waals surface area contributed by atoms with E-state index in [1.807, 2.05) is 0 Å². The molecule has 0 aromatic heterocycles. The van der Waals surface area contributed by atoms with Crippen LogP contribution in [0.25, 0.3) is 0 Å². The Morgan fingerprint density at radius 1 is 0.846 bits per heavy atom. The molecule has 0 spiro atoms. The van der Waals surface area contributed by atoms with Crippen LogP contribution in [-0.4, -0.2) is 23.9 Å². The Bertz CT molecular complexity index is 390. The summed E-state index contributed by atoms with van der Waals surface area (Å²) in [5.41, 5.74) is 5.46. The number of carboxylic acid groups (broad SMARTS) is 1. The van der Waals surface area contributed by atoms with Crippen LogP contribution in [0.4, 0.5) is 0 Å². The number of ether oxygens (including phenoxy) is 1. The van der Waals surface area contributed by atoms with E-state index >= 15 is 0 Å². The van der Waals surface area contributed by atoms with Crippen LogP contribution in [0.3, 0.4) is 0 Å². The molecule has 1 unspecified atom stereocenters. The van der Waals surface area contributed by atoms with Crippen molar-refractivity contribution in [3.63, 3.8) is 0 Å². The molecular formula is C19H34KNO5. The maximum Gasteiger partial charge on any atom is 1.00 e. The van der Waals surface area contributed by atoms with Crippen molar-refractivity contribution >= 4 is 17.9 Å². The molecule has 7 heteroatoms. The van der Waals surface area contributed by atoms with Crippen LogP contribution in [0.15, 0.2) is 0 Å². The van der Waals surface area contributed by atoms with Gasteiger partial charge in [0.25, 0.3) is 0 Å². The minimum Gasteiger partial charge on any atom is -0.550 e. The fraction of sp³-hybridized carbons (Fsp3) is 0.842. The zero-order chi connectivity index (χ0) is 18.9. The number of carbonyl (C=O) groups excluding carboxylic acids is 3. The smallest absolute Gasteiger partial charge is 0.550 e. The SMILES string of the molecule is CCCCCCCCCCCCCC(=O)OC(=O)C(N)CCC(=O)[O-].[K+]. The maximum absolute atomic E-state index is 11.5. The van der Waals surface area contributed by atoms with Crippen LogP contribution < -0.4 is 62.2 Å². The molecule has 0 fully saturated rings. The first-order valence-electron chi connectivity index (χ1n) is 9.67. The standard InChI is InChI=1S/C19H35NO5.K/c1-2-3-4-5-6-7-8-9-10-11-12-13-18(23)25-19(24)16(20)14-15-17(21)22;/h16H,2-15,20H2,1H3,(H,21,22);/q;+1/p-1. The summed E-state index contributed by atoms with van der Waals surface area (Å²) >= 11 is 0. The first-order valence-corrected chi connectivity index (χ1v) is 9.67. The van der Waals surface area contributed by atoms with Gasteiger partial charge in [-0.3, -0.25) is 4.79 Å². The molecule has 2 N–H and O–H groups in total. The predicted octanol–water partition coefficient (Wildman–Crippen LogP) is -0.381. The summed E-state index contributed by atoms with van der Waals surface area (Å²) in [5.74, 6) is -2.74. The summed E-state index contributed by atoms with van der Waals surface area (Å²) < 4.78 is 4.62. The first-order chi connectivity index (χ1) is 12.0. The number of aliphatic carboxylic acids is 1. The molecule has 1 atom stereocenters. The van der Waals surface area contributed by atoms with Crippen molar-refractivity contribution in [3.05, 3.63) is 0 Å². The van der Waals surface area contributed by atoms with Crippen LogP contribution in [0.2, 0.25) is 0 Å². The van der Waals surface area contributed by atoms with Gasteiger partial charge in [0, 0.05) is 12.4 Å². The molecule has 0 aliphatic heterocycles. The molecule has 0 bridgehead atoms. The predicted molar refractivity (Wildman–Crippen MR) is 94.4 cm³/mol. The second-order valence-electron chi connectivity index (χ2n) is 6.60. The molecule has 0 aliphatic carbocycles. The molecule has 0 saturated heterocycles. The third-order valence-corrected chi connectivity index (χ3v) is 4.16. The van der Waals surface area contributed by atoms with Gasteiger partial charge in [0.2, 0.25) is 0 Å². The summed E-state index contributed by atoms with van der Waals surface area (Å²) in [4.78, 5) is 33.3. The van der Waals surface area contributed by atoms with E-state index in [1.54, 1.807) is 0 Å². The van der Waals surface area contributed by atoms with E-state index in [0.717, 1.165) is 12.8 Å². The molecular weight excluding hydrogens is 361 g/mol. The van der Waals surface area contributed by atoms with Gasteiger partial charge >= 0.3 is 63.3 Å². The largest absolute Gasteiger partial charge is 1.00 e. The van der Waals surface area contributed by atoms with Gasteiger partial charge in [-0.05, 0) is 19.3 Å². The summed E-state index contributed by atoms with van der Waals surface area (Å²) in [5, 5.41) is 10.3. The number of hydrogen-bond donors (Lipinski definition) is 1. The van der Waals surface area contributed by atoms with E-state index in [9.17, 15) is 19.5 Å². The number of esters is 2. The molecule has 0 heterocycles. The molecule has 0 aromatic rings. The monoisotopic (exact) mass is 395 g/mol. The Morgan fingerprint density at radius 3 is 1.77 bits per heavy atom. The van der Waals surface area contributed by atoms with Crippen molar-refractivity contribution in [1.82, 2.24) is 0 Å². The number of carboxylic acids is 1. The van der Waals surface area contributed by atoms with Crippen molar-refractivity contribution in [2.75, 3.05) is 0 Å². The minimum atomic E-state index is -1.28. The Kier molecular flexibility index (Phi) is 21.8. The van der Waals surface area contributed by atoms with Gasteiger partial charge in [-0.1, -0.05) is 71.1 Å². The van der Waals surface area contributed by atoms with Gasteiger partial charge in [0.1, 0.15) is 6.04 Å². The van der Waals surface area contributed by atoms with Gasteiger partial charge in [-0.25, -0.2) is 4.79 Å². The number of nitrogens with two attached hydrogens (primary N) is 1. The minimum absolute atomic E-state index is 0. The van der Waals surface area contributed by atoms with Crippen molar-refractivity contribution in [2.24, 2.45) is 5.73 Å². The first kappa shape index (κ1) is 28.4. The maximum atomic E-state index is 11.5.